The van der Waals surface area contributed by atoms with E-state index >= 15 is 0 Å². The van der Waals surface area contributed by atoms with Crippen LogP contribution < -0.4 is 10.0 Å². The number of aryl methyl sites for hydroxylation is 1. The molecule has 1 aliphatic carbocycles. The lowest BCUT2D eigenvalue weighted by Gasteiger charge is -2.10. The molecule has 1 heterocycles. The number of hydrogen-bond donors (Lipinski definition) is 2. The number of sulfonamides is 1. The Morgan fingerprint density at radius 3 is 2.86 bits per heavy atom. The van der Waals surface area contributed by atoms with E-state index in [9.17, 15) is 8.42 Å². The van der Waals surface area contributed by atoms with E-state index in [0.717, 1.165) is 23.6 Å². The van der Waals surface area contributed by atoms with Crippen LogP contribution in [0, 0.1) is 12.8 Å². The first kappa shape index (κ1) is 16.9. The van der Waals surface area contributed by atoms with Crippen LogP contribution in [0.1, 0.15) is 30.2 Å². The van der Waals surface area contributed by atoms with Gasteiger partial charge in [0.1, 0.15) is 4.90 Å². The van der Waals surface area contributed by atoms with E-state index in [1.54, 1.807) is 0 Å². The Balaban J connectivity index is 1.89. The summed E-state index contributed by atoms with van der Waals surface area (Å²) in [5.74, 6) is 0.701. The minimum absolute atomic E-state index is 0.324. The molecule has 0 aromatic carbocycles. The SMILES string of the molecule is CCNCc1scc(C)c1S(=O)(=O)NCCOCC1CC1. The molecule has 0 aliphatic heterocycles. The maximum atomic E-state index is 12.4. The molecule has 0 radical (unpaired) electrons. The van der Waals surface area contributed by atoms with Crippen LogP contribution in [-0.2, 0) is 21.3 Å². The van der Waals surface area contributed by atoms with E-state index < -0.39 is 10.0 Å². The number of thiophene rings is 1. The van der Waals surface area contributed by atoms with Crippen molar-refractivity contribution in [3.8, 4) is 0 Å². The quantitative estimate of drug-likeness (QED) is 0.642. The van der Waals surface area contributed by atoms with Crippen molar-refractivity contribution in [1.29, 1.82) is 0 Å². The van der Waals surface area contributed by atoms with Crippen molar-refractivity contribution in [1.82, 2.24) is 10.0 Å². The molecule has 0 spiro atoms. The molecular formula is C14H24N2O3S2. The van der Waals surface area contributed by atoms with E-state index in [-0.39, 0.29) is 0 Å². The minimum Gasteiger partial charge on any atom is -0.380 e. The highest BCUT2D eigenvalue weighted by atomic mass is 32.2. The summed E-state index contributed by atoms with van der Waals surface area (Å²) in [4.78, 5) is 1.29. The molecule has 0 amide bonds. The third kappa shape index (κ3) is 5.03. The highest BCUT2D eigenvalue weighted by Gasteiger charge is 2.23. The summed E-state index contributed by atoms with van der Waals surface area (Å²) in [5, 5.41) is 5.07. The molecule has 120 valence electrons. The van der Waals surface area contributed by atoms with Crippen molar-refractivity contribution in [2.75, 3.05) is 26.3 Å². The van der Waals surface area contributed by atoms with Crippen molar-refractivity contribution in [3.05, 3.63) is 15.8 Å². The largest absolute Gasteiger partial charge is 0.380 e. The van der Waals surface area contributed by atoms with Gasteiger partial charge in [0.05, 0.1) is 6.61 Å². The second kappa shape index (κ2) is 7.69. The molecule has 2 rings (SSSR count). The van der Waals surface area contributed by atoms with Crippen LogP contribution in [-0.4, -0.2) is 34.7 Å². The molecule has 0 bridgehead atoms. The van der Waals surface area contributed by atoms with Gasteiger partial charge in [0.2, 0.25) is 10.0 Å². The molecular weight excluding hydrogens is 308 g/mol. The number of ether oxygens (including phenoxy) is 1. The fourth-order valence-corrected chi connectivity index (χ4v) is 4.85. The lowest BCUT2D eigenvalue weighted by Crippen LogP contribution is -2.29. The summed E-state index contributed by atoms with van der Waals surface area (Å²) in [5.41, 5.74) is 0.805. The van der Waals surface area contributed by atoms with Crippen LogP contribution in [0.3, 0.4) is 0 Å². The van der Waals surface area contributed by atoms with Gasteiger partial charge in [0, 0.05) is 24.6 Å². The molecule has 2 N–H and O–H groups in total. The Bertz CT molecular complexity index is 551. The molecule has 0 saturated heterocycles. The highest BCUT2D eigenvalue weighted by Crippen LogP contribution is 2.29. The fraction of sp³-hybridized carbons (Fsp3) is 0.714. The smallest absolute Gasteiger partial charge is 0.242 e. The minimum atomic E-state index is -3.45. The first-order valence-corrected chi connectivity index (χ1v) is 9.76. The van der Waals surface area contributed by atoms with Crippen molar-refractivity contribution in [2.24, 2.45) is 5.92 Å². The van der Waals surface area contributed by atoms with Gasteiger partial charge in [-0.15, -0.1) is 11.3 Å². The molecule has 1 aromatic rings. The average Bonchev–Trinajstić information content (AvgIpc) is 3.18. The monoisotopic (exact) mass is 332 g/mol. The third-order valence-electron chi connectivity index (χ3n) is 3.38. The Morgan fingerprint density at radius 1 is 1.43 bits per heavy atom. The molecule has 7 heteroatoms. The van der Waals surface area contributed by atoms with Crippen molar-refractivity contribution in [2.45, 2.75) is 38.1 Å². The van der Waals surface area contributed by atoms with E-state index in [1.165, 1.54) is 24.2 Å². The van der Waals surface area contributed by atoms with E-state index in [0.29, 0.717) is 30.5 Å². The Kier molecular flexibility index (Phi) is 6.19. The fourth-order valence-electron chi connectivity index (χ4n) is 2.06. The van der Waals surface area contributed by atoms with Crippen molar-refractivity contribution >= 4 is 21.4 Å². The number of rotatable bonds is 10. The van der Waals surface area contributed by atoms with Crippen LogP contribution >= 0.6 is 11.3 Å². The van der Waals surface area contributed by atoms with Gasteiger partial charge in [0.25, 0.3) is 0 Å². The summed E-state index contributed by atoms with van der Waals surface area (Å²) in [7, 11) is -3.45. The highest BCUT2D eigenvalue weighted by molar-refractivity contribution is 7.89. The summed E-state index contributed by atoms with van der Waals surface area (Å²) in [6.07, 6.45) is 2.49. The van der Waals surface area contributed by atoms with E-state index in [2.05, 4.69) is 10.0 Å². The van der Waals surface area contributed by atoms with E-state index in [1.807, 2.05) is 19.2 Å². The van der Waals surface area contributed by atoms with Gasteiger partial charge in [-0.2, -0.15) is 0 Å². The molecule has 5 nitrogen and oxygen atoms in total. The van der Waals surface area contributed by atoms with Crippen LogP contribution in [0.4, 0.5) is 0 Å². The summed E-state index contributed by atoms with van der Waals surface area (Å²) in [6.45, 7) is 6.76. The molecule has 1 aromatic heterocycles. The zero-order valence-corrected chi connectivity index (χ0v) is 14.3. The Hall–Kier alpha value is -0.470. The molecule has 0 unspecified atom stereocenters. The number of nitrogens with one attached hydrogen (secondary N) is 2. The summed E-state index contributed by atoms with van der Waals surface area (Å²) < 4.78 is 32.9. The summed E-state index contributed by atoms with van der Waals surface area (Å²) in [6, 6.07) is 0. The lowest BCUT2D eigenvalue weighted by atomic mass is 10.3. The van der Waals surface area contributed by atoms with Crippen molar-refractivity contribution < 1.29 is 13.2 Å². The van der Waals surface area contributed by atoms with Gasteiger partial charge in [-0.3, -0.25) is 0 Å². The predicted octanol–water partition coefficient (Wildman–Crippen LogP) is 1.87. The Labute approximate surface area is 131 Å². The average molecular weight is 332 g/mol. The van der Waals surface area contributed by atoms with Gasteiger partial charge < -0.3 is 10.1 Å². The predicted molar refractivity (Wildman–Crippen MR) is 85.2 cm³/mol. The van der Waals surface area contributed by atoms with Crippen LogP contribution in [0.2, 0.25) is 0 Å². The van der Waals surface area contributed by atoms with Crippen molar-refractivity contribution in [3.63, 3.8) is 0 Å². The number of hydrogen-bond acceptors (Lipinski definition) is 5. The maximum absolute atomic E-state index is 12.4. The topological polar surface area (TPSA) is 67.4 Å². The van der Waals surface area contributed by atoms with Gasteiger partial charge in [-0.25, -0.2) is 13.1 Å². The van der Waals surface area contributed by atoms with Gasteiger partial charge >= 0.3 is 0 Å². The Morgan fingerprint density at radius 2 is 2.19 bits per heavy atom. The lowest BCUT2D eigenvalue weighted by molar-refractivity contribution is 0.129. The second-order valence-corrected chi connectivity index (χ2v) is 8.04. The molecule has 1 saturated carbocycles. The van der Waals surface area contributed by atoms with Gasteiger partial charge in [-0.05, 0) is 43.2 Å². The summed E-state index contributed by atoms with van der Waals surface area (Å²) >= 11 is 1.49. The zero-order valence-electron chi connectivity index (χ0n) is 12.6. The molecule has 1 aliphatic rings. The van der Waals surface area contributed by atoms with Gasteiger partial charge in [-0.1, -0.05) is 6.92 Å². The maximum Gasteiger partial charge on any atom is 0.242 e. The standard InChI is InChI=1S/C14H24N2O3S2/c1-3-15-8-13-14(11(2)10-20-13)21(17,18)16-6-7-19-9-12-4-5-12/h10,12,15-16H,3-9H2,1-2H3. The first-order valence-electron chi connectivity index (χ1n) is 7.39. The molecule has 0 atom stereocenters. The van der Waals surface area contributed by atoms with Crippen LogP contribution in [0.5, 0.6) is 0 Å². The van der Waals surface area contributed by atoms with Gasteiger partial charge in [0.15, 0.2) is 0 Å². The third-order valence-corrected chi connectivity index (χ3v) is 6.31. The van der Waals surface area contributed by atoms with Crippen LogP contribution in [0.15, 0.2) is 10.3 Å². The molecule has 1 fully saturated rings. The zero-order chi connectivity index (χ0) is 15.3. The van der Waals surface area contributed by atoms with Crippen LogP contribution in [0.25, 0.3) is 0 Å². The first-order chi connectivity index (χ1) is 10.0. The van der Waals surface area contributed by atoms with E-state index in [4.69, 9.17) is 4.74 Å². The molecule has 21 heavy (non-hydrogen) atoms. The normalized spacial score (nSPS) is 15.5. The second-order valence-electron chi connectivity index (χ2n) is 5.37.